The largest absolute Gasteiger partial charge is 0.480 e. The number of hydrogen-bond acceptors (Lipinski definition) is 4. The van der Waals surface area contributed by atoms with Crippen LogP contribution in [0.4, 0.5) is 0 Å². The van der Waals surface area contributed by atoms with Gasteiger partial charge in [-0.15, -0.1) is 0 Å². The van der Waals surface area contributed by atoms with Gasteiger partial charge in [-0.1, -0.05) is 18.2 Å². The fourth-order valence-corrected chi connectivity index (χ4v) is 4.58. The molecule has 3 heterocycles. The van der Waals surface area contributed by atoms with Gasteiger partial charge in [0.1, 0.15) is 11.4 Å². The second-order valence-corrected chi connectivity index (χ2v) is 8.32. The standard InChI is InChI=1S/C21H27NO4/c23-20(19-11-16-3-1-2-4-18(16)26-19)22-13-21(14-22)17(8-10-25-21)7-9-24-12-15-5-6-15/h1-4,15,17,19H,5-14H2. The molecule has 0 aromatic heterocycles. The molecular weight excluding hydrogens is 330 g/mol. The first-order valence-corrected chi connectivity index (χ1v) is 9.99. The van der Waals surface area contributed by atoms with Crippen molar-refractivity contribution in [2.45, 2.75) is 43.8 Å². The Bertz CT molecular complexity index is 655. The van der Waals surface area contributed by atoms with E-state index in [0.29, 0.717) is 25.4 Å². The first-order chi connectivity index (χ1) is 12.7. The number of nitrogens with zero attached hydrogens (tertiary/aromatic N) is 1. The summed E-state index contributed by atoms with van der Waals surface area (Å²) < 4.78 is 17.8. The monoisotopic (exact) mass is 357 g/mol. The third-order valence-electron chi connectivity index (χ3n) is 6.41. The van der Waals surface area contributed by atoms with Crippen LogP contribution < -0.4 is 4.74 Å². The van der Waals surface area contributed by atoms with Crippen LogP contribution in [0.1, 0.15) is 31.2 Å². The Morgan fingerprint density at radius 1 is 1.23 bits per heavy atom. The van der Waals surface area contributed by atoms with Gasteiger partial charge in [0.05, 0.1) is 13.1 Å². The third kappa shape index (κ3) is 3.01. The lowest BCUT2D eigenvalue weighted by Crippen LogP contribution is -2.67. The zero-order valence-corrected chi connectivity index (χ0v) is 15.2. The average Bonchev–Trinajstić information content (AvgIpc) is 3.18. The fourth-order valence-electron chi connectivity index (χ4n) is 4.58. The summed E-state index contributed by atoms with van der Waals surface area (Å²) in [5, 5.41) is 0. The molecule has 2 atom stereocenters. The number of para-hydroxylation sites is 1. The SMILES string of the molecule is O=C(C1Cc2ccccc2O1)N1CC2(C1)OCCC2CCOCC1CC1. The van der Waals surface area contributed by atoms with Gasteiger partial charge in [0.25, 0.3) is 5.91 Å². The molecular formula is C21H27NO4. The average molecular weight is 357 g/mol. The van der Waals surface area contributed by atoms with E-state index in [1.807, 2.05) is 29.2 Å². The molecule has 1 amide bonds. The van der Waals surface area contributed by atoms with Gasteiger partial charge in [0.15, 0.2) is 6.10 Å². The topological polar surface area (TPSA) is 48.0 Å². The molecule has 1 aromatic carbocycles. The van der Waals surface area contributed by atoms with Crippen LogP contribution >= 0.6 is 0 Å². The molecule has 1 aromatic rings. The molecule has 5 heteroatoms. The molecule has 1 aliphatic carbocycles. The van der Waals surface area contributed by atoms with Crippen LogP contribution in [0, 0.1) is 11.8 Å². The molecule has 3 aliphatic heterocycles. The summed E-state index contributed by atoms with van der Waals surface area (Å²) in [4.78, 5) is 14.7. The Balaban J connectivity index is 1.13. The Hall–Kier alpha value is -1.59. The van der Waals surface area contributed by atoms with Crippen molar-refractivity contribution < 1.29 is 19.0 Å². The van der Waals surface area contributed by atoms with Crippen molar-refractivity contribution in [1.82, 2.24) is 4.90 Å². The molecule has 0 radical (unpaired) electrons. The lowest BCUT2D eigenvalue weighted by atomic mass is 9.79. The molecule has 26 heavy (non-hydrogen) atoms. The Morgan fingerprint density at radius 2 is 2.08 bits per heavy atom. The Labute approximate surface area is 154 Å². The molecule has 1 saturated carbocycles. The third-order valence-corrected chi connectivity index (χ3v) is 6.41. The molecule has 3 fully saturated rings. The first-order valence-electron chi connectivity index (χ1n) is 9.99. The molecule has 1 spiro atoms. The van der Waals surface area contributed by atoms with Crippen LogP contribution in [0.2, 0.25) is 0 Å². The number of carbonyl (C=O) groups excluding carboxylic acids is 1. The van der Waals surface area contributed by atoms with E-state index in [4.69, 9.17) is 14.2 Å². The minimum Gasteiger partial charge on any atom is -0.480 e. The number of amides is 1. The van der Waals surface area contributed by atoms with Crippen molar-refractivity contribution in [2.24, 2.45) is 11.8 Å². The fraction of sp³-hybridized carbons (Fsp3) is 0.667. The first kappa shape index (κ1) is 16.6. The smallest absolute Gasteiger partial charge is 0.264 e. The highest BCUT2D eigenvalue weighted by Crippen LogP contribution is 2.42. The van der Waals surface area contributed by atoms with Gasteiger partial charge < -0.3 is 19.1 Å². The van der Waals surface area contributed by atoms with E-state index in [1.165, 1.54) is 12.8 Å². The van der Waals surface area contributed by atoms with Gasteiger partial charge in [0, 0.05) is 26.2 Å². The van der Waals surface area contributed by atoms with Crippen molar-refractivity contribution >= 4 is 5.91 Å². The van der Waals surface area contributed by atoms with Crippen molar-refractivity contribution in [1.29, 1.82) is 0 Å². The maximum absolute atomic E-state index is 12.8. The summed E-state index contributed by atoms with van der Waals surface area (Å²) >= 11 is 0. The number of likely N-dealkylation sites (tertiary alicyclic amines) is 1. The maximum atomic E-state index is 12.8. The van der Waals surface area contributed by atoms with Gasteiger partial charge in [-0.3, -0.25) is 4.79 Å². The van der Waals surface area contributed by atoms with Crippen molar-refractivity contribution in [3.05, 3.63) is 29.8 Å². The summed E-state index contributed by atoms with van der Waals surface area (Å²) in [5.74, 6) is 2.28. The number of carbonyl (C=O) groups is 1. The second-order valence-electron chi connectivity index (χ2n) is 8.32. The Morgan fingerprint density at radius 3 is 2.88 bits per heavy atom. The molecule has 2 unspecified atom stereocenters. The summed E-state index contributed by atoms with van der Waals surface area (Å²) in [6.07, 6.45) is 5.10. The second kappa shape index (κ2) is 6.54. The van der Waals surface area contributed by atoms with E-state index in [-0.39, 0.29) is 17.6 Å². The zero-order chi connectivity index (χ0) is 17.6. The highest BCUT2D eigenvalue weighted by Gasteiger charge is 2.55. The molecule has 5 nitrogen and oxygen atoms in total. The van der Waals surface area contributed by atoms with Crippen LogP contribution in [0.5, 0.6) is 5.75 Å². The highest BCUT2D eigenvalue weighted by atomic mass is 16.5. The van der Waals surface area contributed by atoms with Crippen molar-refractivity contribution in [3.8, 4) is 5.75 Å². The van der Waals surface area contributed by atoms with Gasteiger partial charge in [0.2, 0.25) is 0 Å². The van der Waals surface area contributed by atoms with E-state index >= 15 is 0 Å². The molecule has 2 saturated heterocycles. The summed E-state index contributed by atoms with van der Waals surface area (Å²) in [6.45, 7) is 3.96. The lowest BCUT2D eigenvalue weighted by Gasteiger charge is -2.50. The number of hydrogen-bond donors (Lipinski definition) is 0. The van der Waals surface area contributed by atoms with Crippen LogP contribution in [-0.2, 0) is 20.7 Å². The van der Waals surface area contributed by atoms with E-state index in [1.54, 1.807) is 0 Å². The quantitative estimate of drug-likeness (QED) is 0.734. The van der Waals surface area contributed by atoms with E-state index in [2.05, 4.69) is 0 Å². The van der Waals surface area contributed by atoms with Crippen LogP contribution in [0.3, 0.4) is 0 Å². The molecule has 0 N–H and O–H groups in total. The van der Waals surface area contributed by atoms with Crippen molar-refractivity contribution in [2.75, 3.05) is 32.9 Å². The van der Waals surface area contributed by atoms with Gasteiger partial charge >= 0.3 is 0 Å². The van der Waals surface area contributed by atoms with Gasteiger partial charge in [-0.25, -0.2) is 0 Å². The maximum Gasteiger partial charge on any atom is 0.264 e. The summed E-state index contributed by atoms with van der Waals surface area (Å²) in [6, 6.07) is 7.93. The molecule has 4 aliphatic rings. The van der Waals surface area contributed by atoms with Crippen molar-refractivity contribution in [3.63, 3.8) is 0 Å². The normalized spacial score (nSPS) is 28.7. The predicted molar refractivity (Wildman–Crippen MR) is 96.1 cm³/mol. The Kier molecular flexibility index (Phi) is 4.17. The lowest BCUT2D eigenvalue weighted by molar-refractivity contribution is -0.171. The van der Waals surface area contributed by atoms with Crippen LogP contribution in [0.15, 0.2) is 24.3 Å². The van der Waals surface area contributed by atoms with E-state index < -0.39 is 0 Å². The number of rotatable bonds is 6. The van der Waals surface area contributed by atoms with Crippen LogP contribution in [0.25, 0.3) is 0 Å². The summed E-state index contributed by atoms with van der Waals surface area (Å²) in [7, 11) is 0. The van der Waals surface area contributed by atoms with Crippen LogP contribution in [-0.4, -0.2) is 55.4 Å². The van der Waals surface area contributed by atoms with E-state index in [9.17, 15) is 4.79 Å². The van der Waals surface area contributed by atoms with Gasteiger partial charge in [-0.2, -0.15) is 0 Å². The predicted octanol–water partition coefficient (Wildman–Crippen LogP) is 2.42. The van der Waals surface area contributed by atoms with E-state index in [0.717, 1.165) is 49.9 Å². The number of fused-ring (bicyclic) bond motifs is 1. The minimum atomic E-state index is -0.369. The molecule has 0 bridgehead atoms. The minimum absolute atomic E-state index is 0.103. The molecule has 5 rings (SSSR count). The number of benzene rings is 1. The zero-order valence-electron chi connectivity index (χ0n) is 15.2. The molecule has 140 valence electrons. The highest BCUT2D eigenvalue weighted by molar-refractivity contribution is 5.83. The number of ether oxygens (including phenoxy) is 3. The summed E-state index contributed by atoms with van der Waals surface area (Å²) in [5.41, 5.74) is 0.994. The van der Waals surface area contributed by atoms with Gasteiger partial charge in [-0.05, 0) is 49.1 Å².